The maximum absolute atomic E-state index is 13.5. The fraction of sp³-hybridized carbons (Fsp3) is 0.417. The molecular formula is C24H22F6N2O3S. The van der Waals surface area contributed by atoms with Gasteiger partial charge < -0.3 is 4.90 Å². The lowest BCUT2D eigenvalue weighted by molar-refractivity contribution is -0.138. The molecule has 5 nitrogen and oxygen atoms in total. The molecular weight excluding hydrogens is 510 g/mol. The van der Waals surface area contributed by atoms with E-state index in [2.05, 4.69) is 0 Å². The number of piperidine rings is 1. The molecule has 0 spiro atoms. The predicted octanol–water partition coefficient (Wildman–Crippen LogP) is 5.70. The zero-order chi connectivity index (χ0) is 27.1. The summed E-state index contributed by atoms with van der Waals surface area (Å²) in [6, 6.07) is 7.72. The number of nitrogens with zero attached hydrogens (tertiary/aromatic N) is 2. The second-order valence-electron chi connectivity index (χ2n) is 9.07. The lowest BCUT2D eigenvalue weighted by atomic mass is 9.85. The summed E-state index contributed by atoms with van der Waals surface area (Å²) in [5.41, 5.74) is -3.20. The van der Waals surface area contributed by atoms with Crippen molar-refractivity contribution in [2.45, 2.75) is 48.7 Å². The number of amides is 1. The molecule has 0 aromatic heterocycles. The minimum absolute atomic E-state index is 0.0393. The molecule has 0 radical (unpaired) electrons. The summed E-state index contributed by atoms with van der Waals surface area (Å²) < 4.78 is 105. The van der Waals surface area contributed by atoms with Gasteiger partial charge in [0, 0.05) is 13.1 Å². The molecule has 0 bridgehead atoms. The molecule has 2 aromatic rings. The minimum atomic E-state index is -4.86. The molecule has 1 heterocycles. The van der Waals surface area contributed by atoms with Gasteiger partial charge in [0.05, 0.1) is 38.0 Å². The van der Waals surface area contributed by atoms with Crippen LogP contribution in [0.2, 0.25) is 0 Å². The van der Waals surface area contributed by atoms with Crippen molar-refractivity contribution in [1.29, 1.82) is 5.26 Å². The zero-order valence-corrected chi connectivity index (χ0v) is 20.1. The van der Waals surface area contributed by atoms with Crippen LogP contribution in [-0.4, -0.2) is 37.1 Å². The molecule has 1 amide bonds. The number of hydrogen-bond acceptors (Lipinski definition) is 4. The highest BCUT2D eigenvalue weighted by atomic mass is 32.2. The molecule has 36 heavy (non-hydrogen) atoms. The Labute approximate surface area is 204 Å². The van der Waals surface area contributed by atoms with Crippen molar-refractivity contribution >= 4 is 15.7 Å². The van der Waals surface area contributed by atoms with Crippen molar-refractivity contribution in [3.63, 3.8) is 0 Å². The first-order chi connectivity index (χ1) is 16.5. The van der Waals surface area contributed by atoms with E-state index in [9.17, 15) is 39.6 Å². The van der Waals surface area contributed by atoms with Gasteiger partial charge in [-0.2, -0.15) is 31.6 Å². The van der Waals surface area contributed by atoms with Gasteiger partial charge in [-0.3, -0.25) is 4.79 Å². The van der Waals surface area contributed by atoms with Gasteiger partial charge in [0.2, 0.25) is 0 Å². The standard InChI is InChI=1S/C24H22F6N2O3S/c1-22(2,36(34,35)18-5-3-4-17(13-18)23(25,26)27)16-8-10-32(11-9-16)21(33)19-7-6-15(14-31)12-20(19)24(28,29)30/h3-7,12-13,16H,8-11H2,1-2H3. The Morgan fingerprint density at radius 3 is 2.11 bits per heavy atom. The maximum Gasteiger partial charge on any atom is 0.417 e. The second kappa shape index (κ2) is 9.42. The third-order valence-electron chi connectivity index (χ3n) is 6.61. The van der Waals surface area contributed by atoms with Crippen LogP contribution < -0.4 is 0 Å². The summed E-state index contributed by atoms with van der Waals surface area (Å²) in [6.45, 7) is 2.71. The van der Waals surface area contributed by atoms with Gasteiger partial charge >= 0.3 is 12.4 Å². The van der Waals surface area contributed by atoms with Crippen LogP contribution in [-0.2, 0) is 22.2 Å². The van der Waals surface area contributed by atoms with Crippen molar-refractivity contribution < 1.29 is 39.6 Å². The Morgan fingerprint density at radius 1 is 0.972 bits per heavy atom. The molecule has 1 aliphatic heterocycles. The molecule has 0 unspecified atom stereocenters. The van der Waals surface area contributed by atoms with E-state index in [0.717, 1.165) is 30.3 Å². The van der Waals surface area contributed by atoms with E-state index in [1.54, 1.807) is 6.07 Å². The molecule has 1 fully saturated rings. The van der Waals surface area contributed by atoms with Crippen molar-refractivity contribution in [2.75, 3.05) is 13.1 Å². The van der Waals surface area contributed by atoms with E-state index in [1.165, 1.54) is 18.7 Å². The lowest BCUT2D eigenvalue weighted by Gasteiger charge is -2.40. The highest BCUT2D eigenvalue weighted by Crippen LogP contribution is 2.40. The third-order valence-corrected chi connectivity index (χ3v) is 9.21. The van der Waals surface area contributed by atoms with Crippen LogP contribution in [0.15, 0.2) is 47.4 Å². The van der Waals surface area contributed by atoms with Crippen LogP contribution in [0.3, 0.4) is 0 Å². The average Bonchev–Trinajstić information content (AvgIpc) is 2.82. The zero-order valence-electron chi connectivity index (χ0n) is 19.2. The molecule has 1 aliphatic rings. The van der Waals surface area contributed by atoms with Crippen molar-refractivity contribution in [1.82, 2.24) is 4.90 Å². The van der Waals surface area contributed by atoms with E-state index < -0.39 is 60.3 Å². The van der Waals surface area contributed by atoms with Crippen molar-refractivity contribution in [3.05, 3.63) is 64.7 Å². The molecule has 2 aromatic carbocycles. The van der Waals surface area contributed by atoms with Crippen LogP contribution in [0, 0.1) is 17.2 Å². The summed E-state index contributed by atoms with van der Waals surface area (Å²) in [4.78, 5) is 13.6. The summed E-state index contributed by atoms with van der Waals surface area (Å²) in [7, 11) is -4.23. The Kier molecular flexibility index (Phi) is 7.20. The van der Waals surface area contributed by atoms with Gasteiger partial charge in [-0.15, -0.1) is 0 Å². The molecule has 12 heteroatoms. The molecule has 0 aliphatic carbocycles. The number of hydrogen-bond donors (Lipinski definition) is 0. The average molecular weight is 533 g/mol. The summed E-state index contributed by atoms with van der Waals surface area (Å²) >= 11 is 0. The second-order valence-corrected chi connectivity index (χ2v) is 11.6. The van der Waals surface area contributed by atoms with E-state index in [1.807, 2.05) is 0 Å². The quantitative estimate of drug-likeness (QED) is 0.474. The number of likely N-dealkylation sites (tertiary alicyclic amines) is 1. The Balaban J connectivity index is 1.81. The smallest absolute Gasteiger partial charge is 0.339 e. The van der Waals surface area contributed by atoms with Crippen molar-refractivity contribution in [3.8, 4) is 6.07 Å². The van der Waals surface area contributed by atoms with Crippen LogP contribution in [0.1, 0.15) is 53.7 Å². The summed E-state index contributed by atoms with van der Waals surface area (Å²) in [6.07, 6.45) is -9.34. The van der Waals surface area contributed by atoms with E-state index in [4.69, 9.17) is 5.26 Å². The van der Waals surface area contributed by atoms with Crippen LogP contribution in [0.5, 0.6) is 0 Å². The monoisotopic (exact) mass is 532 g/mol. The molecule has 0 saturated carbocycles. The Bertz CT molecular complexity index is 1300. The van der Waals surface area contributed by atoms with Crippen LogP contribution >= 0.6 is 0 Å². The Hall–Kier alpha value is -3.07. The van der Waals surface area contributed by atoms with Crippen LogP contribution in [0.25, 0.3) is 0 Å². The fourth-order valence-corrected chi connectivity index (χ4v) is 6.17. The minimum Gasteiger partial charge on any atom is -0.339 e. The maximum atomic E-state index is 13.5. The Morgan fingerprint density at radius 2 is 1.58 bits per heavy atom. The van der Waals surface area contributed by atoms with Gasteiger partial charge in [-0.25, -0.2) is 8.42 Å². The van der Waals surface area contributed by atoms with E-state index in [0.29, 0.717) is 12.1 Å². The van der Waals surface area contributed by atoms with Gasteiger partial charge in [0.25, 0.3) is 5.91 Å². The molecule has 0 atom stereocenters. The first-order valence-electron chi connectivity index (χ1n) is 10.8. The highest BCUT2D eigenvalue weighted by molar-refractivity contribution is 7.92. The number of carbonyl (C=O) groups is 1. The number of carbonyl (C=O) groups excluding carboxylic acids is 1. The van der Waals surface area contributed by atoms with Gasteiger partial charge in [-0.1, -0.05) is 6.07 Å². The first kappa shape index (κ1) is 27.5. The molecule has 0 N–H and O–H groups in total. The summed E-state index contributed by atoms with van der Waals surface area (Å²) in [5, 5.41) is 8.90. The normalized spacial score (nSPS) is 16.0. The topological polar surface area (TPSA) is 78.2 Å². The van der Waals surface area contributed by atoms with Gasteiger partial charge in [-0.05, 0) is 69.0 Å². The SMILES string of the molecule is CC(C)(C1CCN(C(=O)c2ccc(C#N)cc2C(F)(F)F)CC1)S(=O)(=O)c1cccc(C(F)(F)F)c1. The number of nitriles is 1. The number of rotatable bonds is 4. The van der Waals surface area contributed by atoms with Crippen molar-refractivity contribution in [2.24, 2.45) is 5.92 Å². The number of benzene rings is 2. The summed E-state index contributed by atoms with van der Waals surface area (Å²) in [5.74, 6) is -1.46. The van der Waals surface area contributed by atoms with Crippen LogP contribution in [0.4, 0.5) is 26.3 Å². The van der Waals surface area contributed by atoms with Gasteiger partial charge in [0.1, 0.15) is 0 Å². The third kappa shape index (κ3) is 5.21. The largest absolute Gasteiger partial charge is 0.417 e. The van der Waals surface area contributed by atoms with E-state index in [-0.39, 0.29) is 31.5 Å². The molecule has 3 rings (SSSR count). The number of alkyl halides is 6. The highest BCUT2D eigenvalue weighted by Gasteiger charge is 2.45. The fourth-order valence-electron chi connectivity index (χ4n) is 4.35. The predicted molar refractivity (Wildman–Crippen MR) is 117 cm³/mol. The molecule has 194 valence electrons. The van der Waals surface area contributed by atoms with E-state index >= 15 is 0 Å². The lowest BCUT2D eigenvalue weighted by Crippen LogP contribution is -2.47. The number of sulfone groups is 1. The molecule has 1 saturated heterocycles. The number of halogens is 6. The van der Waals surface area contributed by atoms with Gasteiger partial charge in [0.15, 0.2) is 9.84 Å². The first-order valence-corrected chi connectivity index (χ1v) is 12.3.